The van der Waals surface area contributed by atoms with Crippen LogP contribution in [0.4, 0.5) is 0 Å². The van der Waals surface area contributed by atoms with Crippen molar-refractivity contribution in [2.24, 2.45) is 0 Å². The monoisotopic (exact) mass is 315 g/mol. The second-order valence-corrected chi connectivity index (χ2v) is 6.43. The number of carbonyl (C=O) groups is 1. The number of amides is 1. The number of aromatic nitrogens is 2. The van der Waals surface area contributed by atoms with E-state index in [0.29, 0.717) is 19.4 Å². The van der Waals surface area contributed by atoms with E-state index in [9.17, 15) is 4.79 Å². The number of ether oxygens (including phenoxy) is 1. The van der Waals surface area contributed by atoms with Crippen LogP contribution < -0.4 is 0 Å². The van der Waals surface area contributed by atoms with Gasteiger partial charge in [-0.05, 0) is 43.9 Å². The van der Waals surface area contributed by atoms with Crippen LogP contribution in [0.1, 0.15) is 36.2 Å². The summed E-state index contributed by atoms with van der Waals surface area (Å²) in [6.07, 6.45) is 3.40. The molecule has 1 aliphatic heterocycles. The van der Waals surface area contributed by atoms with Crippen molar-refractivity contribution < 1.29 is 9.53 Å². The number of carbonyl (C=O) groups excluding carboxylic acids is 1. The number of benzene rings is 1. The van der Waals surface area contributed by atoms with Gasteiger partial charge in [-0.25, -0.2) is 4.98 Å². The lowest BCUT2D eigenvalue weighted by Crippen LogP contribution is -2.43. The van der Waals surface area contributed by atoms with Crippen molar-refractivity contribution >= 4 is 16.9 Å². The van der Waals surface area contributed by atoms with Crippen molar-refractivity contribution in [1.82, 2.24) is 14.9 Å². The molecule has 0 radical (unpaired) electrons. The highest BCUT2D eigenvalue weighted by atomic mass is 16.5. The van der Waals surface area contributed by atoms with E-state index in [1.54, 1.807) is 7.11 Å². The van der Waals surface area contributed by atoms with Crippen molar-refractivity contribution in [3.63, 3.8) is 0 Å². The molecule has 2 heterocycles. The molecule has 124 valence electrons. The van der Waals surface area contributed by atoms with Gasteiger partial charge in [0.05, 0.1) is 17.1 Å². The van der Waals surface area contributed by atoms with Gasteiger partial charge < -0.3 is 14.6 Å². The van der Waals surface area contributed by atoms with Gasteiger partial charge in [-0.2, -0.15) is 0 Å². The summed E-state index contributed by atoms with van der Waals surface area (Å²) >= 11 is 0. The maximum Gasteiger partial charge on any atom is 0.223 e. The van der Waals surface area contributed by atoms with Gasteiger partial charge in [-0.3, -0.25) is 4.79 Å². The van der Waals surface area contributed by atoms with Gasteiger partial charge in [-0.15, -0.1) is 0 Å². The lowest BCUT2D eigenvalue weighted by atomic mass is 10.1. The summed E-state index contributed by atoms with van der Waals surface area (Å²) in [6, 6.07) is 4.16. The van der Waals surface area contributed by atoms with Crippen molar-refractivity contribution in [2.75, 3.05) is 20.2 Å². The molecule has 1 aromatic carbocycles. The smallest absolute Gasteiger partial charge is 0.223 e. The number of hydrogen-bond donors (Lipinski definition) is 1. The van der Waals surface area contributed by atoms with Crippen LogP contribution in [0.15, 0.2) is 12.1 Å². The topological polar surface area (TPSA) is 58.2 Å². The average molecular weight is 315 g/mol. The van der Waals surface area contributed by atoms with Crippen molar-refractivity contribution in [3.05, 3.63) is 29.1 Å². The van der Waals surface area contributed by atoms with Gasteiger partial charge in [0.25, 0.3) is 0 Å². The standard InChI is InChI=1S/C18H25N3O2/c1-12-6-7-15-18(13(12)2)20-16(19-15)8-9-17(22)21-10-4-5-14(11-21)23-3/h6-7,14H,4-5,8-11H2,1-3H3,(H,19,20). The minimum atomic E-state index is 0.185. The van der Waals surface area contributed by atoms with Gasteiger partial charge in [0, 0.05) is 33.0 Å². The van der Waals surface area contributed by atoms with E-state index in [1.807, 2.05) is 4.90 Å². The van der Waals surface area contributed by atoms with Gasteiger partial charge in [0.2, 0.25) is 5.91 Å². The summed E-state index contributed by atoms with van der Waals surface area (Å²) in [5, 5.41) is 0. The van der Waals surface area contributed by atoms with Gasteiger partial charge in [0.1, 0.15) is 5.82 Å². The number of methoxy groups -OCH3 is 1. The number of nitrogens with one attached hydrogen (secondary N) is 1. The van der Waals surface area contributed by atoms with Gasteiger partial charge in [0.15, 0.2) is 0 Å². The van der Waals surface area contributed by atoms with Crippen LogP contribution in [0.5, 0.6) is 0 Å². The molecular formula is C18H25N3O2. The summed E-state index contributed by atoms with van der Waals surface area (Å²) < 4.78 is 5.39. The molecule has 2 aromatic rings. The van der Waals surface area contributed by atoms with Crippen molar-refractivity contribution in [2.45, 2.75) is 45.6 Å². The zero-order chi connectivity index (χ0) is 16.4. The fourth-order valence-electron chi connectivity index (χ4n) is 3.22. The van der Waals surface area contributed by atoms with Crippen LogP contribution >= 0.6 is 0 Å². The van der Waals surface area contributed by atoms with Gasteiger partial charge in [-0.1, -0.05) is 6.07 Å². The van der Waals surface area contributed by atoms with Crippen LogP contribution in [0.2, 0.25) is 0 Å². The average Bonchev–Trinajstić information content (AvgIpc) is 3.00. The molecule has 0 saturated carbocycles. The number of aromatic amines is 1. The van der Waals surface area contributed by atoms with E-state index >= 15 is 0 Å². The summed E-state index contributed by atoms with van der Waals surface area (Å²) in [6.45, 7) is 5.74. The maximum atomic E-state index is 12.4. The van der Waals surface area contributed by atoms with Gasteiger partial charge >= 0.3 is 0 Å². The third-order valence-electron chi connectivity index (χ3n) is 4.87. The highest BCUT2D eigenvalue weighted by Gasteiger charge is 2.23. The van der Waals surface area contributed by atoms with Crippen LogP contribution in [0.3, 0.4) is 0 Å². The Labute approximate surface area is 137 Å². The Morgan fingerprint density at radius 2 is 2.26 bits per heavy atom. The number of likely N-dealkylation sites (tertiary alicyclic amines) is 1. The van der Waals surface area contributed by atoms with Crippen molar-refractivity contribution in [1.29, 1.82) is 0 Å². The third-order valence-corrected chi connectivity index (χ3v) is 4.87. The molecule has 5 heteroatoms. The largest absolute Gasteiger partial charge is 0.380 e. The van der Waals surface area contributed by atoms with Crippen LogP contribution in [0, 0.1) is 13.8 Å². The number of fused-ring (bicyclic) bond motifs is 1. The van der Waals surface area contributed by atoms with Crippen molar-refractivity contribution in [3.8, 4) is 0 Å². The summed E-state index contributed by atoms with van der Waals surface area (Å²) in [5.41, 5.74) is 4.51. The quantitative estimate of drug-likeness (QED) is 0.944. The fourth-order valence-corrected chi connectivity index (χ4v) is 3.22. The number of imidazole rings is 1. The highest BCUT2D eigenvalue weighted by molar-refractivity contribution is 5.80. The fraction of sp³-hybridized carbons (Fsp3) is 0.556. The second-order valence-electron chi connectivity index (χ2n) is 6.43. The molecule has 0 bridgehead atoms. The zero-order valence-electron chi connectivity index (χ0n) is 14.2. The minimum Gasteiger partial charge on any atom is -0.380 e. The normalized spacial score (nSPS) is 18.6. The minimum absolute atomic E-state index is 0.185. The Morgan fingerprint density at radius 1 is 1.43 bits per heavy atom. The molecule has 0 aliphatic carbocycles. The molecular weight excluding hydrogens is 290 g/mol. The molecule has 1 atom stereocenters. The summed E-state index contributed by atoms with van der Waals surface area (Å²) in [4.78, 5) is 22.3. The highest BCUT2D eigenvalue weighted by Crippen LogP contribution is 2.20. The molecule has 1 fully saturated rings. The number of rotatable bonds is 4. The second kappa shape index (κ2) is 6.71. The third kappa shape index (κ3) is 3.39. The number of H-pyrrole nitrogens is 1. The molecule has 1 saturated heterocycles. The first-order chi connectivity index (χ1) is 11.1. The predicted octanol–water partition coefficient (Wildman–Crippen LogP) is 2.75. The maximum absolute atomic E-state index is 12.4. The number of hydrogen-bond acceptors (Lipinski definition) is 3. The van der Waals surface area contributed by atoms with E-state index in [-0.39, 0.29) is 12.0 Å². The number of aryl methyl sites for hydroxylation is 3. The molecule has 0 spiro atoms. The molecule has 1 N–H and O–H groups in total. The molecule has 5 nitrogen and oxygen atoms in total. The Morgan fingerprint density at radius 3 is 3.04 bits per heavy atom. The summed E-state index contributed by atoms with van der Waals surface area (Å²) in [7, 11) is 1.72. The first-order valence-electron chi connectivity index (χ1n) is 8.34. The SMILES string of the molecule is COC1CCCN(C(=O)CCc2nc3c(C)c(C)ccc3[nH]2)C1. The van der Waals surface area contributed by atoms with Crippen LogP contribution in [-0.4, -0.2) is 47.1 Å². The van der Waals surface area contributed by atoms with E-state index < -0.39 is 0 Å². The Bertz CT molecular complexity index is 708. The lowest BCUT2D eigenvalue weighted by Gasteiger charge is -2.31. The Kier molecular flexibility index (Phi) is 4.66. The lowest BCUT2D eigenvalue weighted by molar-refractivity contribution is -0.134. The molecule has 1 amide bonds. The Hall–Kier alpha value is -1.88. The number of piperidine rings is 1. The zero-order valence-corrected chi connectivity index (χ0v) is 14.2. The molecule has 3 rings (SSSR count). The molecule has 1 aromatic heterocycles. The van der Waals surface area contributed by atoms with E-state index in [4.69, 9.17) is 4.74 Å². The molecule has 23 heavy (non-hydrogen) atoms. The Balaban J connectivity index is 1.64. The van der Waals surface area contributed by atoms with E-state index in [1.165, 1.54) is 11.1 Å². The van der Waals surface area contributed by atoms with E-state index in [2.05, 4.69) is 35.9 Å². The molecule has 1 aliphatic rings. The molecule has 1 unspecified atom stereocenters. The van der Waals surface area contributed by atoms with Crippen LogP contribution in [-0.2, 0) is 16.0 Å². The number of nitrogens with zero attached hydrogens (tertiary/aromatic N) is 2. The first-order valence-corrected chi connectivity index (χ1v) is 8.34. The predicted molar refractivity (Wildman–Crippen MR) is 90.5 cm³/mol. The summed E-state index contributed by atoms with van der Waals surface area (Å²) in [5.74, 6) is 1.09. The van der Waals surface area contributed by atoms with Crippen LogP contribution in [0.25, 0.3) is 11.0 Å². The van der Waals surface area contributed by atoms with E-state index in [0.717, 1.165) is 36.2 Å². The first kappa shape index (κ1) is 16.0.